The smallest absolute Gasteiger partial charge is 0.134 e. The Morgan fingerprint density at radius 3 is 2.80 bits per heavy atom. The maximum atomic E-state index is 14.1. The van der Waals surface area contributed by atoms with E-state index < -0.39 is 0 Å². The summed E-state index contributed by atoms with van der Waals surface area (Å²) in [4.78, 5) is 0. The number of halogens is 2. The van der Waals surface area contributed by atoms with Crippen molar-refractivity contribution in [2.45, 2.75) is 0 Å². The summed E-state index contributed by atoms with van der Waals surface area (Å²) in [6.45, 7) is 0. The zero-order valence-corrected chi connectivity index (χ0v) is 12.6. The molecule has 0 bridgehead atoms. The van der Waals surface area contributed by atoms with Crippen LogP contribution in [0.3, 0.4) is 0 Å². The average molecular weight is 335 g/mol. The maximum Gasteiger partial charge on any atom is 0.134 e. The highest BCUT2D eigenvalue weighted by Crippen LogP contribution is 2.35. The molecule has 0 aliphatic rings. The molecule has 0 aliphatic carbocycles. The Morgan fingerprint density at radius 1 is 1.25 bits per heavy atom. The summed E-state index contributed by atoms with van der Waals surface area (Å²) in [5.41, 5.74) is 2.01. The predicted molar refractivity (Wildman–Crippen MR) is 80.4 cm³/mol. The topological polar surface area (TPSA) is 27.1 Å². The van der Waals surface area contributed by atoms with E-state index in [4.69, 9.17) is 4.74 Å². The van der Waals surface area contributed by atoms with E-state index in [-0.39, 0.29) is 5.82 Å². The molecule has 3 nitrogen and oxygen atoms in total. The Balaban J connectivity index is 2.25. The van der Waals surface area contributed by atoms with Gasteiger partial charge in [-0.1, -0.05) is 12.1 Å². The van der Waals surface area contributed by atoms with E-state index in [1.807, 2.05) is 25.2 Å². The molecule has 0 saturated carbocycles. The largest absolute Gasteiger partial charge is 0.496 e. The molecule has 20 heavy (non-hydrogen) atoms. The number of aryl methyl sites for hydroxylation is 1. The molecule has 3 aromatic rings. The first-order valence-corrected chi connectivity index (χ1v) is 6.86. The standard InChI is InChI=1S/C15H12BrFN2O/c1-19-15(16)10-7-6-9(8-12(10)18-19)14-11(17)4-3-5-13(14)20-2/h3-8H,1-2H3. The molecule has 0 radical (unpaired) electrons. The molecule has 1 heterocycles. The number of hydrogen-bond donors (Lipinski definition) is 0. The highest BCUT2D eigenvalue weighted by molar-refractivity contribution is 9.10. The van der Waals surface area contributed by atoms with Gasteiger partial charge in [0.2, 0.25) is 0 Å². The molecular weight excluding hydrogens is 323 g/mol. The van der Waals surface area contributed by atoms with E-state index in [9.17, 15) is 4.39 Å². The van der Waals surface area contributed by atoms with E-state index in [2.05, 4.69) is 21.0 Å². The molecule has 0 atom stereocenters. The summed E-state index contributed by atoms with van der Waals surface area (Å²) in [5, 5.41) is 5.38. The van der Waals surface area contributed by atoms with Gasteiger partial charge < -0.3 is 4.74 Å². The maximum absolute atomic E-state index is 14.1. The number of fused-ring (bicyclic) bond motifs is 1. The van der Waals surface area contributed by atoms with Crippen molar-refractivity contribution in [3.05, 3.63) is 46.8 Å². The lowest BCUT2D eigenvalue weighted by molar-refractivity contribution is 0.413. The second-order valence-corrected chi connectivity index (χ2v) is 5.21. The van der Waals surface area contributed by atoms with Crippen LogP contribution in [0, 0.1) is 5.82 Å². The second kappa shape index (κ2) is 4.90. The fraction of sp³-hybridized carbons (Fsp3) is 0.133. The Hall–Kier alpha value is -1.88. The van der Waals surface area contributed by atoms with Crippen molar-refractivity contribution in [3.8, 4) is 16.9 Å². The molecule has 0 saturated heterocycles. The Morgan fingerprint density at radius 2 is 2.05 bits per heavy atom. The minimum atomic E-state index is -0.307. The lowest BCUT2D eigenvalue weighted by Gasteiger charge is -2.09. The molecule has 2 aromatic carbocycles. The minimum absolute atomic E-state index is 0.307. The van der Waals surface area contributed by atoms with Crippen LogP contribution in [0.25, 0.3) is 22.0 Å². The van der Waals surface area contributed by atoms with Gasteiger partial charge in [0.1, 0.15) is 16.2 Å². The summed E-state index contributed by atoms with van der Waals surface area (Å²) < 4.78 is 22.0. The van der Waals surface area contributed by atoms with Crippen molar-refractivity contribution in [1.82, 2.24) is 9.78 Å². The first-order valence-electron chi connectivity index (χ1n) is 6.07. The van der Waals surface area contributed by atoms with Gasteiger partial charge in [0.25, 0.3) is 0 Å². The molecule has 3 rings (SSSR count). The second-order valence-electron chi connectivity index (χ2n) is 4.46. The normalized spacial score (nSPS) is 11.0. The summed E-state index contributed by atoms with van der Waals surface area (Å²) in [7, 11) is 3.39. The van der Waals surface area contributed by atoms with Crippen LogP contribution in [-0.4, -0.2) is 16.9 Å². The Kier molecular flexibility index (Phi) is 3.22. The number of hydrogen-bond acceptors (Lipinski definition) is 2. The molecule has 0 spiro atoms. The van der Waals surface area contributed by atoms with Crippen LogP contribution in [-0.2, 0) is 7.05 Å². The van der Waals surface area contributed by atoms with Crippen molar-refractivity contribution in [3.63, 3.8) is 0 Å². The number of nitrogens with zero attached hydrogens (tertiary/aromatic N) is 2. The third-order valence-corrected chi connectivity index (χ3v) is 4.19. The van der Waals surface area contributed by atoms with Crippen molar-refractivity contribution >= 4 is 26.8 Å². The molecule has 1 aromatic heterocycles. The van der Waals surface area contributed by atoms with Crippen molar-refractivity contribution in [2.75, 3.05) is 7.11 Å². The number of rotatable bonds is 2. The molecule has 0 fully saturated rings. The van der Waals surface area contributed by atoms with Crippen molar-refractivity contribution in [2.24, 2.45) is 7.05 Å². The van der Waals surface area contributed by atoms with Crippen LogP contribution in [0.1, 0.15) is 0 Å². The van der Waals surface area contributed by atoms with Gasteiger partial charge in [0.05, 0.1) is 18.2 Å². The monoisotopic (exact) mass is 334 g/mol. The fourth-order valence-electron chi connectivity index (χ4n) is 2.28. The van der Waals surface area contributed by atoms with Gasteiger partial charge in [-0.05, 0) is 45.8 Å². The third kappa shape index (κ3) is 1.98. The molecule has 102 valence electrons. The fourth-order valence-corrected chi connectivity index (χ4v) is 2.69. The minimum Gasteiger partial charge on any atom is -0.496 e. The van der Waals surface area contributed by atoms with Gasteiger partial charge in [-0.2, -0.15) is 5.10 Å². The molecular formula is C15H12BrFN2O. The van der Waals surface area contributed by atoms with Gasteiger partial charge in [-0.15, -0.1) is 0 Å². The SMILES string of the molecule is COc1cccc(F)c1-c1ccc2c(Br)n(C)nc2c1. The van der Waals surface area contributed by atoms with E-state index >= 15 is 0 Å². The Bertz CT molecular complexity index is 798. The first kappa shape index (κ1) is 13.1. The van der Waals surface area contributed by atoms with Gasteiger partial charge >= 0.3 is 0 Å². The van der Waals surface area contributed by atoms with Crippen LogP contribution in [0.2, 0.25) is 0 Å². The van der Waals surface area contributed by atoms with Crippen LogP contribution in [0.15, 0.2) is 41.0 Å². The summed E-state index contributed by atoms with van der Waals surface area (Å²) in [6.07, 6.45) is 0. The van der Waals surface area contributed by atoms with E-state index in [0.717, 1.165) is 21.1 Å². The number of ether oxygens (including phenoxy) is 1. The highest BCUT2D eigenvalue weighted by atomic mass is 79.9. The first-order chi connectivity index (χ1) is 9.61. The van der Waals surface area contributed by atoms with E-state index in [1.54, 1.807) is 16.8 Å². The summed E-state index contributed by atoms with van der Waals surface area (Å²) in [5.74, 6) is 0.207. The van der Waals surface area contributed by atoms with E-state index in [0.29, 0.717) is 11.3 Å². The highest BCUT2D eigenvalue weighted by Gasteiger charge is 2.14. The van der Waals surface area contributed by atoms with Crippen LogP contribution in [0.5, 0.6) is 5.75 Å². The average Bonchev–Trinajstić information content (AvgIpc) is 2.73. The third-order valence-electron chi connectivity index (χ3n) is 3.25. The van der Waals surface area contributed by atoms with Gasteiger partial charge in [0, 0.05) is 12.4 Å². The predicted octanol–water partition coefficient (Wildman–Crippen LogP) is 4.15. The van der Waals surface area contributed by atoms with Crippen LogP contribution >= 0.6 is 15.9 Å². The van der Waals surface area contributed by atoms with Gasteiger partial charge in [-0.25, -0.2) is 4.39 Å². The van der Waals surface area contributed by atoms with Gasteiger partial charge in [0.15, 0.2) is 0 Å². The molecule has 0 unspecified atom stereocenters. The van der Waals surface area contributed by atoms with Crippen molar-refractivity contribution in [1.29, 1.82) is 0 Å². The zero-order chi connectivity index (χ0) is 14.3. The molecule has 5 heteroatoms. The van der Waals surface area contributed by atoms with Crippen LogP contribution < -0.4 is 4.74 Å². The van der Waals surface area contributed by atoms with Gasteiger partial charge in [-0.3, -0.25) is 4.68 Å². The quantitative estimate of drug-likeness (QED) is 0.703. The zero-order valence-electron chi connectivity index (χ0n) is 11.0. The number of benzene rings is 2. The lowest BCUT2D eigenvalue weighted by atomic mass is 10.0. The summed E-state index contributed by atoms with van der Waals surface area (Å²) in [6, 6.07) is 10.5. The van der Waals surface area contributed by atoms with Crippen molar-refractivity contribution < 1.29 is 9.13 Å². The van der Waals surface area contributed by atoms with Crippen LogP contribution in [0.4, 0.5) is 4.39 Å². The molecule has 0 aliphatic heterocycles. The molecule has 0 N–H and O–H groups in total. The number of methoxy groups -OCH3 is 1. The summed E-state index contributed by atoms with van der Waals surface area (Å²) >= 11 is 3.48. The molecule has 0 amide bonds. The van der Waals surface area contributed by atoms with E-state index in [1.165, 1.54) is 13.2 Å². The lowest BCUT2D eigenvalue weighted by Crippen LogP contribution is -1.91. The number of aromatic nitrogens is 2. The Labute approximate surface area is 124 Å².